The lowest BCUT2D eigenvalue weighted by Crippen LogP contribution is -2.48. The fourth-order valence-electron chi connectivity index (χ4n) is 1.99. The minimum atomic E-state index is -0.877. The third-order valence-electron chi connectivity index (χ3n) is 3.34. The summed E-state index contributed by atoms with van der Waals surface area (Å²) in [6, 6.07) is 7.83. The molecule has 0 heterocycles. The Morgan fingerprint density at radius 3 is 2.30 bits per heavy atom. The summed E-state index contributed by atoms with van der Waals surface area (Å²) in [6.45, 7) is 2.92. The van der Waals surface area contributed by atoms with Gasteiger partial charge in [-0.15, -0.1) is 0 Å². The second kappa shape index (κ2) is 7.26. The molecular weight excluding hydrogens is 256 g/mol. The standard InChI is InChI=1S/C15H24N2O3/c1-15(14(18)20-5,16-10-11-19-4)12-6-8-13(9-7-12)17(2)3/h6-9,16H,10-11H2,1-5H3. The molecular formula is C15H24N2O3. The number of carbonyl (C=O) groups excluding carboxylic acids is 1. The van der Waals surface area contributed by atoms with Crippen molar-refractivity contribution in [1.29, 1.82) is 0 Å². The van der Waals surface area contributed by atoms with Crippen molar-refractivity contribution in [3.05, 3.63) is 29.8 Å². The average Bonchev–Trinajstić information content (AvgIpc) is 2.46. The average molecular weight is 280 g/mol. The number of benzene rings is 1. The first-order valence-electron chi connectivity index (χ1n) is 6.56. The number of anilines is 1. The van der Waals surface area contributed by atoms with Gasteiger partial charge in [0.25, 0.3) is 0 Å². The molecule has 1 aromatic carbocycles. The first-order chi connectivity index (χ1) is 9.45. The summed E-state index contributed by atoms with van der Waals surface area (Å²) >= 11 is 0. The minimum Gasteiger partial charge on any atom is -0.467 e. The molecule has 112 valence electrons. The zero-order chi connectivity index (χ0) is 15.2. The van der Waals surface area contributed by atoms with Gasteiger partial charge in [0.2, 0.25) is 0 Å². The smallest absolute Gasteiger partial charge is 0.330 e. The van der Waals surface area contributed by atoms with Crippen molar-refractivity contribution < 1.29 is 14.3 Å². The molecule has 0 aliphatic carbocycles. The molecule has 1 unspecified atom stereocenters. The summed E-state index contributed by atoms with van der Waals surface area (Å²) in [4.78, 5) is 14.1. The first-order valence-corrected chi connectivity index (χ1v) is 6.56. The second-order valence-electron chi connectivity index (χ2n) is 4.98. The maximum Gasteiger partial charge on any atom is 0.330 e. The molecule has 20 heavy (non-hydrogen) atoms. The van der Waals surface area contributed by atoms with Crippen LogP contribution in [0.4, 0.5) is 5.69 Å². The summed E-state index contributed by atoms with van der Waals surface area (Å²) < 4.78 is 9.94. The largest absolute Gasteiger partial charge is 0.467 e. The summed E-state index contributed by atoms with van der Waals surface area (Å²) in [5, 5.41) is 3.20. The molecule has 1 aromatic rings. The van der Waals surface area contributed by atoms with E-state index in [9.17, 15) is 4.79 Å². The topological polar surface area (TPSA) is 50.8 Å². The van der Waals surface area contributed by atoms with E-state index in [0.717, 1.165) is 11.3 Å². The minimum absolute atomic E-state index is 0.314. The van der Waals surface area contributed by atoms with Gasteiger partial charge in [0.15, 0.2) is 0 Å². The predicted molar refractivity (Wildman–Crippen MR) is 80.0 cm³/mol. The van der Waals surface area contributed by atoms with Crippen LogP contribution in [-0.2, 0) is 19.8 Å². The normalized spacial score (nSPS) is 13.7. The van der Waals surface area contributed by atoms with Gasteiger partial charge in [-0.2, -0.15) is 0 Å². The van der Waals surface area contributed by atoms with Gasteiger partial charge in [0.1, 0.15) is 5.54 Å². The highest BCUT2D eigenvalue weighted by Gasteiger charge is 2.35. The molecule has 0 radical (unpaired) electrons. The van der Waals surface area contributed by atoms with Crippen LogP contribution in [0.2, 0.25) is 0 Å². The van der Waals surface area contributed by atoms with Crippen molar-refractivity contribution in [2.75, 3.05) is 46.4 Å². The maximum absolute atomic E-state index is 12.1. The molecule has 0 aromatic heterocycles. The fourth-order valence-corrected chi connectivity index (χ4v) is 1.99. The van der Waals surface area contributed by atoms with Gasteiger partial charge in [0, 0.05) is 33.4 Å². The zero-order valence-electron chi connectivity index (χ0n) is 12.9. The monoisotopic (exact) mass is 280 g/mol. The number of hydrogen-bond acceptors (Lipinski definition) is 5. The van der Waals surface area contributed by atoms with Crippen molar-refractivity contribution in [1.82, 2.24) is 5.32 Å². The van der Waals surface area contributed by atoms with Crippen LogP contribution in [0.5, 0.6) is 0 Å². The molecule has 0 aliphatic rings. The molecule has 0 spiro atoms. The summed E-state index contributed by atoms with van der Waals surface area (Å²) in [7, 11) is 6.98. The molecule has 0 aliphatic heterocycles. The Labute approximate surface area is 120 Å². The lowest BCUT2D eigenvalue weighted by molar-refractivity contribution is -0.148. The van der Waals surface area contributed by atoms with E-state index >= 15 is 0 Å². The molecule has 0 saturated carbocycles. The molecule has 0 bridgehead atoms. The van der Waals surface area contributed by atoms with Crippen LogP contribution in [0, 0.1) is 0 Å². The van der Waals surface area contributed by atoms with E-state index in [0.29, 0.717) is 13.2 Å². The third-order valence-corrected chi connectivity index (χ3v) is 3.34. The van der Waals surface area contributed by atoms with E-state index < -0.39 is 5.54 Å². The van der Waals surface area contributed by atoms with Gasteiger partial charge >= 0.3 is 5.97 Å². The predicted octanol–water partition coefficient (Wildman–Crippen LogP) is 1.38. The molecule has 1 atom stereocenters. The number of ether oxygens (including phenoxy) is 2. The maximum atomic E-state index is 12.1. The number of esters is 1. The van der Waals surface area contributed by atoms with Crippen LogP contribution in [0.15, 0.2) is 24.3 Å². The van der Waals surface area contributed by atoms with Crippen LogP contribution in [0.25, 0.3) is 0 Å². The highest BCUT2D eigenvalue weighted by Crippen LogP contribution is 2.24. The second-order valence-corrected chi connectivity index (χ2v) is 4.98. The van der Waals surface area contributed by atoms with Crippen molar-refractivity contribution >= 4 is 11.7 Å². The number of carbonyl (C=O) groups is 1. The number of nitrogens with zero attached hydrogens (tertiary/aromatic N) is 1. The third kappa shape index (κ3) is 3.71. The quantitative estimate of drug-likeness (QED) is 0.604. The van der Waals surface area contributed by atoms with Crippen LogP contribution in [0.3, 0.4) is 0 Å². The summed E-state index contributed by atoms with van der Waals surface area (Å²) in [5.41, 5.74) is 1.07. The van der Waals surface area contributed by atoms with E-state index in [1.165, 1.54) is 7.11 Å². The fraction of sp³-hybridized carbons (Fsp3) is 0.533. The van der Waals surface area contributed by atoms with Gasteiger partial charge in [0.05, 0.1) is 13.7 Å². The summed E-state index contributed by atoms with van der Waals surface area (Å²) in [6.07, 6.45) is 0. The molecule has 5 heteroatoms. The highest BCUT2D eigenvalue weighted by molar-refractivity contribution is 5.82. The Kier molecular flexibility index (Phi) is 5.98. The number of nitrogens with one attached hydrogen (secondary N) is 1. The van der Waals surface area contributed by atoms with Crippen molar-refractivity contribution in [2.24, 2.45) is 0 Å². The first kappa shape index (κ1) is 16.5. The van der Waals surface area contributed by atoms with Gasteiger partial charge in [-0.05, 0) is 24.6 Å². The van der Waals surface area contributed by atoms with Gasteiger partial charge in [-0.3, -0.25) is 5.32 Å². The van der Waals surface area contributed by atoms with E-state index in [4.69, 9.17) is 9.47 Å². The molecule has 0 saturated heterocycles. The molecule has 1 N–H and O–H groups in total. The van der Waals surface area contributed by atoms with Crippen LogP contribution >= 0.6 is 0 Å². The lowest BCUT2D eigenvalue weighted by atomic mass is 9.91. The molecule has 5 nitrogen and oxygen atoms in total. The van der Waals surface area contributed by atoms with Gasteiger partial charge in [-0.25, -0.2) is 4.79 Å². The molecule has 0 fully saturated rings. The van der Waals surface area contributed by atoms with Crippen LogP contribution in [-0.4, -0.2) is 47.4 Å². The van der Waals surface area contributed by atoms with E-state index in [1.807, 2.05) is 50.2 Å². The highest BCUT2D eigenvalue weighted by atomic mass is 16.5. The molecule has 0 amide bonds. The number of methoxy groups -OCH3 is 2. The van der Waals surface area contributed by atoms with Crippen LogP contribution < -0.4 is 10.2 Å². The van der Waals surface area contributed by atoms with E-state index in [-0.39, 0.29) is 5.97 Å². The Morgan fingerprint density at radius 1 is 1.25 bits per heavy atom. The SMILES string of the molecule is COCCNC(C)(C(=O)OC)c1ccc(N(C)C)cc1. The summed E-state index contributed by atoms with van der Waals surface area (Å²) in [5.74, 6) is -0.314. The van der Waals surface area contributed by atoms with Crippen LogP contribution in [0.1, 0.15) is 12.5 Å². The number of rotatable bonds is 7. The number of hydrogen-bond donors (Lipinski definition) is 1. The Bertz CT molecular complexity index is 431. The lowest BCUT2D eigenvalue weighted by Gasteiger charge is -2.29. The van der Waals surface area contributed by atoms with Gasteiger partial charge < -0.3 is 14.4 Å². The Hall–Kier alpha value is -1.59. The Morgan fingerprint density at radius 2 is 1.85 bits per heavy atom. The van der Waals surface area contributed by atoms with E-state index in [1.54, 1.807) is 7.11 Å². The van der Waals surface area contributed by atoms with Gasteiger partial charge in [-0.1, -0.05) is 12.1 Å². The Balaban J connectivity index is 3.00. The van der Waals surface area contributed by atoms with Crippen molar-refractivity contribution in [3.8, 4) is 0 Å². The molecule has 1 rings (SSSR count). The van der Waals surface area contributed by atoms with Crippen molar-refractivity contribution in [2.45, 2.75) is 12.5 Å². The zero-order valence-corrected chi connectivity index (χ0v) is 12.9. The van der Waals surface area contributed by atoms with Crippen molar-refractivity contribution in [3.63, 3.8) is 0 Å². The van der Waals surface area contributed by atoms with E-state index in [2.05, 4.69) is 5.32 Å².